The molecular weight excluding hydrogens is 365 g/mol. The van der Waals surface area contributed by atoms with Crippen LogP contribution in [0.1, 0.15) is 31.0 Å². The Hall–Kier alpha value is -2.67. The summed E-state index contributed by atoms with van der Waals surface area (Å²) in [6, 6.07) is 14.3. The number of hydrogen-bond donors (Lipinski definition) is 1. The van der Waals surface area contributed by atoms with E-state index < -0.39 is 5.82 Å². The molecule has 0 aliphatic heterocycles. The summed E-state index contributed by atoms with van der Waals surface area (Å²) in [5.41, 5.74) is 2.55. The Morgan fingerprint density at radius 3 is 2.63 bits per heavy atom. The van der Waals surface area contributed by atoms with Gasteiger partial charge in [0.2, 0.25) is 5.91 Å². The highest BCUT2D eigenvalue weighted by Gasteiger charge is 2.15. The molecule has 1 aromatic heterocycles. The maximum Gasteiger partial charge on any atom is 0.277 e. The van der Waals surface area contributed by atoms with Crippen molar-refractivity contribution in [3.63, 3.8) is 0 Å². The van der Waals surface area contributed by atoms with Crippen LogP contribution < -0.4 is 5.32 Å². The molecule has 3 aromatic rings. The van der Waals surface area contributed by atoms with Crippen LogP contribution in [0.4, 0.5) is 4.39 Å². The van der Waals surface area contributed by atoms with E-state index in [0.717, 1.165) is 23.7 Å². The van der Waals surface area contributed by atoms with Crippen molar-refractivity contribution in [2.75, 3.05) is 5.75 Å². The van der Waals surface area contributed by atoms with Gasteiger partial charge < -0.3 is 9.73 Å². The first-order valence-electron chi connectivity index (χ1n) is 8.66. The number of thioether (sulfide) groups is 1. The van der Waals surface area contributed by atoms with Crippen molar-refractivity contribution in [1.82, 2.24) is 15.5 Å². The molecule has 0 unspecified atom stereocenters. The topological polar surface area (TPSA) is 68.0 Å². The second-order valence-electron chi connectivity index (χ2n) is 6.03. The van der Waals surface area contributed by atoms with Crippen molar-refractivity contribution in [2.45, 2.75) is 31.5 Å². The van der Waals surface area contributed by atoms with Gasteiger partial charge in [-0.15, -0.1) is 10.2 Å². The Balaban J connectivity index is 1.54. The number of aryl methyl sites for hydroxylation is 1. The minimum Gasteiger partial charge on any atom is -0.411 e. The molecule has 1 amide bonds. The van der Waals surface area contributed by atoms with Crippen LogP contribution in [-0.2, 0) is 11.2 Å². The summed E-state index contributed by atoms with van der Waals surface area (Å²) in [4.78, 5) is 12.2. The Morgan fingerprint density at radius 1 is 1.19 bits per heavy atom. The zero-order valence-corrected chi connectivity index (χ0v) is 15.9. The summed E-state index contributed by atoms with van der Waals surface area (Å²) in [7, 11) is 0. The molecule has 1 N–H and O–H groups in total. The van der Waals surface area contributed by atoms with Crippen LogP contribution in [0.15, 0.2) is 58.2 Å². The Kier molecular flexibility index (Phi) is 6.24. The van der Waals surface area contributed by atoms with Gasteiger partial charge in [0.05, 0.1) is 17.4 Å². The minimum atomic E-state index is -0.432. The molecule has 7 heteroatoms. The molecular formula is C20H20FN3O2S. The van der Waals surface area contributed by atoms with E-state index in [0.29, 0.717) is 0 Å². The van der Waals surface area contributed by atoms with Crippen LogP contribution in [0.25, 0.3) is 11.5 Å². The highest BCUT2D eigenvalue weighted by Crippen LogP contribution is 2.25. The van der Waals surface area contributed by atoms with Crippen molar-refractivity contribution in [1.29, 1.82) is 0 Å². The fraction of sp³-hybridized carbons (Fsp3) is 0.250. The number of aromatic nitrogens is 2. The lowest BCUT2D eigenvalue weighted by molar-refractivity contribution is -0.119. The van der Waals surface area contributed by atoms with Gasteiger partial charge >= 0.3 is 0 Å². The molecule has 1 heterocycles. The summed E-state index contributed by atoms with van der Waals surface area (Å²) in [5, 5.41) is 10.9. The molecule has 0 bridgehead atoms. The highest BCUT2D eigenvalue weighted by molar-refractivity contribution is 7.99. The van der Waals surface area contributed by atoms with Crippen LogP contribution >= 0.6 is 11.8 Å². The smallest absolute Gasteiger partial charge is 0.277 e. The fourth-order valence-corrected chi connectivity index (χ4v) is 3.12. The van der Waals surface area contributed by atoms with Gasteiger partial charge in [0, 0.05) is 0 Å². The van der Waals surface area contributed by atoms with Gasteiger partial charge in [0.15, 0.2) is 0 Å². The molecule has 0 aliphatic carbocycles. The number of benzene rings is 2. The molecule has 140 valence electrons. The Bertz CT molecular complexity index is 912. The van der Waals surface area contributed by atoms with Gasteiger partial charge in [-0.25, -0.2) is 4.39 Å². The minimum absolute atomic E-state index is 0.0966. The summed E-state index contributed by atoms with van der Waals surface area (Å²) in [6.45, 7) is 4.04. The Labute approximate surface area is 161 Å². The third-order valence-electron chi connectivity index (χ3n) is 4.10. The Morgan fingerprint density at radius 2 is 1.93 bits per heavy atom. The van der Waals surface area contributed by atoms with E-state index in [1.807, 2.05) is 19.1 Å². The lowest BCUT2D eigenvalue weighted by Gasteiger charge is -2.14. The average Bonchev–Trinajstić information content (AvgIpc) is 3.15. The van der Waals surface area contributed by atoms with Crippen molar-refractivity contribution in [3.8, 4) is 11.5 Å². The molecule has 0 saturated carbocycles. The summed E-state index contributed by atoms with van der Waals surface area (Å²) >= 11 is 1.12. The van der Waals surface area contributed by atoms with Gasteiger partial charge in [-0.05, 0) is 36.6 Å². The zero-order chi connectivity index (χ0) is 19.2. The lowest BCUT2D eigenvalue weighted by atomic mass is 10.1. The average molecular weight is 385 g/mol. The SMILES string of the molecule is CCc1ccc([C@@H](C)NC(=O)CSc2nnc(-c3ccccc3F)o2)cc1. The van der Waals surface area contributed by atoms with Crippen LogP contribution in [0.2, 0.25) is 0 Å². The molecule has 3 rings (SSSR count). The van der Waals surface area contributed by atoms with Crippen molar-refractivity contribution >= 4 is 17.7 Å². The number of nitrogens with one attached hydrogen (secondary N) is 1. The van der Waals surface area contributed by atoms with Crippen molar-refractivity contribution in [3.05, 3.63) is 65.5 Å². The van der Waals surface area contributed by atoms with Crippen LogP contribution in [-0.4, -0.2) is 21.9 Å². The van der Waals surface area contributed by atoms with E-state index in [1.165, 1.54) is 11.6 Å². The van der Waals surface area contributed by atoms with E-state index in [9.17, 15) is 9.18 Å². The quantitative estimate of drug-likeness (QED) is 0.610. The molecule has 27 heavy (non-hydrogen) atoms. The van der Waals surface area contributed by atoms with E-state index in [-0.39, 0.29) is 34.4 Å². The zero-order valence-electron chi connectivity index (χ0n) is 15.1. The number of carbonyl (C=O) groups is 1. The number of amides is 1. The number of halogens is 1. The van der Waals surface area contributed by atoms with Crippen molar-refractivity contribution < 1.29 is 13.6 Å². The van der Waals surface area contributed by atoms with Gasteiger partial charge in [-0.3, -0.25) is 4.79 Å². The second-order valence-corrected chi connectivity index (χ2v) is 6.95. The predicted octanol–water partition coefficient (Wildman–Crippen LogP) is 4.41. The largest absolute Gasteiger partial charge is 0.411 e. The molecule has 1 atom stereocenters. The standard InChI is InChI=1S/C20H20FN3O2S/c1-3-14-8-10-15(11-9-14)13(2)22-18(25)12-27-20-24-23-19(26-20)16-6-4-5-7-17(16)21/h4-11,13H,3,12H2,1-2H3,(H,22,25)/t13-/m1/s1. The van der Waals surface area contributed by atoms with E-state index in [2.05, 4.69) is 34.6 Å². The fourth-order valence-electron chi connectivity index (χ4n) is 2.55. The first-order valence-corrected chi connectivity index (χ1v) is 9.64. The molecule has 5 nitrogen and oxygen atoms in total. The van der Waals surface area contributed by atoms with E-state index in [1.54, 1.807) is 18.2 Å². The third-order valence-corrected chi connectivity index (χ3v) is 4.92. The third kappa shape index (κ3) is 4.95. The second kappa shape index (κ2) is 8.81. The van der Waals surface area contributed by atoms with Crippen LogP contribution in [0.3, 0.4) is 0 Å². The molecule has 0 spiro atoms. The maximum atomic E-state index is 13.8. The first kappa shape index (κ1) is 19.1. The first-order chi connectivity index (χ1) is 13.1. The number of hydrogen-bond acceptors (Lipinski definition) is 5. The van der Waals surface area contributed by atoms with Crippen molar-refractivity contribution in [2.24, 2.45) is 0 Å². The van der Waals surface area contributed by atoms with Gasteiger partial charge in [-0.2, -0.15) is 0 Å². The summed E-state index contributed by atoms with van der Waals surface area (Å²) in [5.74, 6) is -0.340. The number of carbonyl (C=O) groups excluding carboxylic acids is 1. The van der Waals surface area contributed by atoms with Gasteiger partial charge in [0.25, 0.3) is 11.1 Å². The molecule has 0 radical (unpaired) electrons. The van der Waals surface area contributed by atoms with E-state index >= 15 is 0 Å². The van der Waals surface area contributed by atoms with E-state index in [4.69, 9.17) is 4.42 Å². The molecule has 0 fully saturated rings. The van der Waals surface area contributed by atoms with Gasteiger partial charge in [0.1, 0.15) is 5.82 Å². The summed E-state index contributed by atoms with van der Waals surface area (Å²) in [6.07, 6.45) is 0.983. The van der Waals surface area contributed by atoms with Gasteiger partial charge in [-0.1, -0.05) is 55.1 Å². The monoisotopic (exact) mass is 385 g/mol. The summed E-state index contributed by atoms with van der Waals surface area (Å²) < 4.78 is 19.2. The van der Waals surface area contributed by atoms with Crippen LogP contribution in [0, 0.1) is 5.82 Å². The number of rotatable bonds is 7. The molecule has 2 aromatic carbocycles. The molecule has 0 aliphatic rings. The lowest BCUT2D eigenvalue weighted by Crippen LogP contribution is -2.28. The number of nitrogens with zero attached hydrogens (tertiary/aromatic N) is 2. The molecule has 0 saturated heterocycles. The van der Waals surface area contributed by atoms with Crippen LogP contribution in [0.5, 0.6) is 0 Å². The highest BCUT2D eigenvalue weighted by atomic mass is 32.2. The normalized spacial score (nSPS) is 12.0. The maximum absolute atomic E-state index is 13.8. The predicted molar refractivity (Wildman–Crippen MR) is 103 cm³/mol.